The zero-order valence-electron chi connectivity index (χ0n) is 17.5. The fraction of sp³-hybridized carbons (Fsp3) is 0.167. The molecule has 0 fully saturated rings. The first kappa shape index (κ1) is 19.1. The summed E-state index contributed by atoms with van der Waals surface area (Å²) in [6, 6.07) is 16.8. The van der Waals surface area contributed by atoms with Crippen molar-refractivity contribution < 1.29 is 0 Å². The van der Waals surface area contributed by atoms with E-state index in [0.29, 0.717) is 0 Å². The Morgan fingerprint density at radius 3 is 2.69 bits per heavy atom. The van der Waals surface area contributed by atoms with Crippen LogP contribution in [-0.4, -0.2) is 30.0 Å². The number of pyridine rings is 2. The van der Waals surface area contributed by atoms with Crippen LogP contribution in [0.15, 0.2) is 60.9 Å². The Morgan fingerprint density at radius 1 is 1.06 bits per heavy atom. The second-order valence-corrected chi connectivity index (χ2v) is 9.01. The number of nitrogens with zero attached hydrogens (tertiary/aromatic N) is 5. The number of rotatable bonds is 5. The highest BCUT2D eigenvalue weighted by molar-refractivity contribution is 7.21. The maximum atomic E-state index is 4.78. The van der Waals surface area contributed by atoms with Gasteiger partial charge in [0.05, 0.1) is 11.9 Å². The maximum Gasteiger partial charge on any atom is 0.190 e. The van der Waals surface area contributed by atoms with Crippen LogP contribution in [0, 0.1) is 6.92 Å². The minimum absolute atomic E-state index is 0.784. The van der Waals surface area contributed by atoms with E-state index in [4.69, 9.17) is 4.98 Å². The molecule has 5 heterocycles. The van der Waals surface area contributed by atoms with Crippen LogP contribution in [0.5, 0.6) is 0 Å². The summed E-state index contributed by atoms with van der Waals surface area (Å²) in [5.41, 5.74) is 7.85. The summed E-state index contributed by atoms with van der Waals surface area (Å²) in [6.45, 7) is 4.86. The van der Waals surface area contributed by atoms with Crippen molar-refractivity contribution in [2.75, 3.05) is 5.32 Å². The van der Waals surface area contributed by atoms with E-state index < -0.39 is 0 Å². The molecule has 0 atom stereocenters. The smallest absolute Gasteiger partial charge is 0.190 e. The molecule has 0 saturated carbocycles. The number of aromatic amines is 1. The van der Waals surface area contributed by atoms with E-state index >= 15 is 0 Å². The highest BCUT2D eigenvalue weighted by Gasteiger charge is 2.18. The van der Waals surface area contributed by atoms with E-state index in [1.165, 1.54) is 28.0 Å². The average molecular weight is 440 g/mol. The van der Waals surface area contributed by atoms with Crippen molar-refractivity contribution in [3.8, 4) is 11.3 Å². The van der Waals surface area contributed by atoms with Gasteiger partial charge in [0.1, 0.15) is 16.2 Å². The van der Waals surface area contributed by atoms with Crippen molar-refractivity contribution in [2.45, 2.75) is 26.6 Å². The van der Waals surface area contributed by atoms with Gasteiger partial charge in [-0.1, -0.05) is 35.6 Å². The minimum atomic E-state index is 0.784. The van der Waals surface area contributed by atoms with Crippen LogP contribution in [0.3, 0.4) is 0 Å². The lowest BCUT2D eigenvalue weighted by Crippen LogP contribution is -2.15. The third-order valence-electron chi connectivity index (χ3n) is 5.73. The maximum absolute atomic E-state index is 4.78. The Kier molecular flexibility index (Phi) is 4.66. The number of hydrogen-bond acceptors (Lipinski definition) is 7. The molecule has 2 N–H and O–H groups in total. The Bertz CT molecular complexity index is 1400. The number of anilines is 2. The first-order valence-electron chi connectivity index (χ1n) is 10.5. The molecular formula is C24H21N7S. The summed E-state index contributed by atoms with van der Waals surface area (Å²) in [7, 11) is 0. The fourth-order valence-corrected chi connectivity index (χ4v) is 5.00. The second kappa shape index (κ2) is 7.81. The number of H-pyrrole nitrogens is 1. The number of hydrogen-bond donors (Lipinski definition) is 2. The van der Waals surface area contributed by atoms with Crippen molar-refractivity contribution in [1.82, 2.24) is 30.0 Å². The summed E-state index contributed by atoms with van der Waals surface area (Å²) in [5.74, 6) is 0.796. The quantitative estimate of drug-likeness (QED) is 0.399. The summed E-state index contributed by atoms with van der Waals surface area (Å²) in [4.78, 5) is 17.3. The molecule has 0 amide bonds. The Morgan fingerprint density at radius 2 is 1.91 bits per heavy atom. The van der Waals surface area contributed by atoms with Gasteiger partial charge in [0.2, 0.25) is 0 Å². The molecule has 0 aliphatic carbocycles. The number of fused-ring (bicyclic) bond motifs is 2. The SMILES string of the molecule is Cc1[nH]ncc1-c1ccc2nc(Nc3cc(CN4Cc5ccccc5C4)ccn3)sc2n1. The molecule has 0 saturated heterocycles. The van der Waals surface area contributed by atoms with Crippen molar-refractivity contribution >= 4 is 32.6 Å². The largest absolute Gasteiger partial charge is 0.316 e. The molecule has 5 aromatic rings. The van der Waals surface area contributed by atoms with Crippen molar-refractivity contribution in [3.63, 3.8) is 0 Å². The number of thiazole rings is 1. The molecule has 1 aliphatic heterocycles. The molecule has 1 aliphatic rings. The predicted molar refractivity (Wildman–Crippen MR) is 127 cm³/mol. The van der Waals surface area contributed by atoms with Gasteiger partial charge in [0.25, 0.3) is 0 Å². The summed E-state index contributed by atoms with van der Waals surface area (Å²) < 4.78 is 0. The van der Waals surface area contributed by atoms with E-state index in [9.17, 15) is 0 Å². The van der Waals surface area contributed by atoms with Crippen LogP contribution in [0.1, 0.15) is 22.4 Å². The molecule has 0 spiro atoms. The van der Waals surface area contributed by atoms with E-state index in [2.05, 4.69) is 66.8 Å². The zero-order valence-corrected chi connectivity index (χ0v) is 18.4. The highest BCUT2D eigenvalue weighted by atomic mass is 32.1. The van der Waals surface area contributed by atoms with Gasteiger partial charge in [0, 0.05) is 37.1 Å². The number of nitrogens with one attached hydrogen (secondary N) is 2. The second-order valence-electron chi connectivity index (χ2n) is 8.04. The summed E-state index contributed by atoms with van der Waals surface area (Å²) in [6.07, 6.45) is 3.66. The first-order chi connectivity index (χ1) is 15.7. The molecule has 6 rings (SSSR count). The van der Waals surface area contributed by atoms with Gasteiger partial charge in [-0.3, -0.25) is 10.00 Å². The number of aromatic nitrogens is 5. The molecule has 4 aromatic heterocycles. The summed E-state index contributed by atoms with van der Waals surface area (Å²) in [5, 5.41) is 11.2. The molecule has 158 valence electrons. The lowest BCUT2D eigenvalue weighted by Gasteiger charge is -2.15. The van der Waals surface area contributed by atoms with Crippen LogP contribution < -0.4 is 5.32 Å². The number of benzene rings is 1. The van der Waals surface area contributed by atoms with Crippen molar-refractivity contribution in [1.29, 1.82) is 0 Å². The molecule has 32 heavy (non-hydrogen) atoms. The van der Waals surface area contributed by atoms with Crippen molar-refractivity contribution in [3.05, 3.63) is 83.3 Å². The van der Waals surface area contributed by atoms with Gasteiger partial charge in [-0.05, 0) is 47.9 Å². The van der Waals surface area contributed by atoms with E-state index in [1.807, 2.05) is 25.3 Å². The lowest BCUT2D eigenvalue weighted by atomic mass is 10.1. The van der Waals surface area contributed by atoms with E-state index in [0.717, 1.165) is 57.9 Å². The molecule has 1 aromatic carbocycles. The standard InChI is InChI=1S/C24H21N7S/c1-15-19(11-26-30-15)20-6-7-21-23(27-20)32-24(28-21)29-22-10-16(8-9-25-22)12-31-13-17-4-2-3-5-18(17)14-31/h2-11H,12-14H2,1H3,(H,26,30)(H,25,28,29). The van der Waals surface area contributed by atoms with E-state index in [-0.39, 0.29) is 0 Å². The monoisotopic (exact) mass is 439 g/mol. The van der Waals surface area contributed by atoms with Gasteiger partial charge >= 0.3 is 0 Å². The fourth-order valence-electron chi connectivity index (χ4n) is 4.15. The normalized spacial score (nSPS) is 13.5. The van der Waals surface area contributed by atoms with Crippen LogP contribution in [0.2, 0.25) is 0 Å². The van der Waals surface area contributed by atoms with Gasteiger partial charge in [-0.15, -0.1) is 0 Å². The zero-order chi connectivity index (χ0) is 21.5. The Balaban J connectivity index is 1.19. The van der Waals surface area contributed by atoms with E-state index in [1.54, 1.807) is 6.20 Å². The molecule has 7 nitrogen and oxygen atoms in total. The van der Waals surface area contributed by atoms with Gasteiger partial charge < -0.3 is 5.32 Å². The Hall–Kier alpha value is -3.62. The molecule has 0 unspecified atom stereocenters. The third kappa shape index (κ3) is 3.63. The van der Waals surface area contributed by atoms with Crippen LogP contribution in [0.25, 0.3) is 21.6 Å². The highest BCUT2D eigenvalue weighted by Crippen LogP contribution is 2.30. The molecule has 8 heteroatoms. The van der Waals surface area contributed by atoms with Crippen LogP contribution in [0.4, 0.5) is 10.9 Å². The van der Waals surface area contributed by atoms with Crippen LogP contribution >= 0.6 is 11.3 Å². The molecule has 0 radical (unpaired) electrons. The van der Waals surface area contributed by atoms with Gasteiger partial charge in [0.15, 0.2) is 5.13 Å². The molecule has 0 bridgehead atoms. The molecular weight excluding hydrogens is 418 g/mol. The van der Waals surface area contributed by atoms with Crippen molar-refractivity contribution in [2.24, 2.45) is 0 Å². The van der Waals surface area contributed by atoms with Gasteiger partial charge in [-0.2, -0.15) is 5.10 Å². The minimum Gasteiger partial charge on any atom is -0.316 e. The third-order valence-corrected chi connectivity index (χ3v) is 6.61. The lowest BCUT2D eigenvalue weighted by molar-refractivity contribution is 0.275. The first-order valence-corrected chi connectivity index (χ1v) is 11.3. The topological polar surface area (TPSA) is 82.6 Å². The Labute approximate surface area is 189 Å². The van der Waals surface area contributed by atoms with Crippen LogP contribution in [-0.2, 0) is 19.6 Å². The van der Waals surface area contributed by atoms with Gasteiger partial charge in [-0.25, -0.2) is 15.0 Å². The average Bonchev–Trinajstić information content (AvgIpc) is 3.50. The predicted octanol–water partition coefficient (Wildman–Crippen LogP) is 5.04. The number of aryl methyl sites for hydroxylation is 1. The summed E-state index contributed by atoms with van der Waals surface area (Å²) >= 11 is 1.53.